The summed E-state index contributed by atoms with van der Waals surface area (Å²) in [5.41, 5.74) is 3.60. The van der Waals surface area contributed by atoms with Gasteiger partial charge in [-0.3, -0.25) is 9.78 Å². The van der Waals surface area contributed by atoms with E-state index in [1.165, 1.54) is 0 Å². The van der Waals surface area contributed by atoms with Crippen molar-refractivity contribution in [1.29, 1.82) is 0 Å². The Morgan fingerprint density at radius 1 is 1.03 bits per heavy atom. The minimum Gasteiger partial charge on any atom is -0.493 e. The molecule has 6 nitrogen and oxygen atoms in total. The van der Waals surface area contributed by atoms with Crippen molar-refractivity contribution in [3.05, 3.63) is 65.5 Å². The van der Waals surface area contributed by atoms with Crippen LogP contribution < -0.4 is 9.47 Å². The largest absolute Gasteiger partial charge is 0.493 e. The molecule has 4 rings (SSSR count). The van der Waals surface area contributed by atoms with Gasteiger partial charge < -0.3 is 9.47 Å². The Bertz CT molecular complexity index is 1000. The Morgan fingerprint density at radius 2 is 1.77 bits per heavy atom. The zero-order chi connectivity index (χ0) is 21.1. The third-order valence-corrected chi connectivity index (χ3v) is 6.15. The van der Waals surface area contributed by atoms with E-state index in [2.05, 4.69) is 33.1 Å². The van der Waals surface area contributed by atoms with E-state index in [-0.39, 0.29) is 17.7 Å². The second kappa shape index (κ2) is 9.00. The first-order valence-corrected chi connectivity index (χ1v) is 11.0. The summed E-state index contributed by atoms with van der Waals surface area (Å²) in [7, 11) is 3.24. The fraction of sp³-hybridized carbons (Fsp3) is 0.348. The van der Waals surface area contributed by atoms with E-state index in [4.69, 9.17) is 14.6 Å². The van der Waals surface area contributed by atoms with Crippen molar-refractivity contribution in [3.63, 3.8) is 0 Å². The quantitative estimate of drug-likeness (QED) is 0.466. The molecule has 0 fully saturated rings. The third kappa shape index (κ3) is 3.99. The number of ether oxygens (including phenoxy) is 2. The van der Waals surface area contributed by atoms with Crippen LogP contribution in [-0.2, 0) is 16.7 Å². The Kier molecular flexibility index (Phi) is 6.18. The van der Waals surface area contributed by atoms with E-state index in [0.717, 1.165) is 35.5 Å². The number of hydrazone groups is 1. The third-order valence-electron chi connectivity index (χ3n) is 5.58. The number of carbonyl (C=O) groups is 1. The number of benzene rings is 1. The lowest BCUT2D eigenvalue weighted by atomic mass is 9.76. The maximum atomic E-state index is 13.2. The molecular weight excluding hydrogens is 446 g/mol. The van der Waals surface area contributed by atoms with Crippen molar-refractivity contribution in [1.82, 2.24) is 9.99 Å². The molecule has 1 aromatic heterocycles. The zero-order valence-corrected chi connectivity index (χ0v) is 18.6. The molecule has 0 N–H and O–H groups in total. The van der Waals surface area contributed by atoms with Crippen LogP contribution in [0.25, 0.3) is 0 Å². The molecule has 0 bridgehead atoms. The minimum absolute atomic E-state index is 0.0543. The molecule has 2 aliphatic rings. The van der Waals surface area contributed by atoms with E-state index < -0.39 is 0 Å². The summed E-state index contributed by atoms with van der Waals surface area (Å²) in [4.78, 5) is 17.8. The predicted molar refractivity (Wildman–Crippen MR) is 119 cm³/mol. The number of aromatic nitrogens is 1. The van der Waals surface area contributed by atoms with E-state index in [1.807, 2.05) is 36.4 Å². The van der Waals surface area contributed by atoms with Gasteiger partial charge in [-0.05, 0) is 43.2 Å². The maximum absolute atomic E-state index is 13.2. The highest BCUT2D eigenvalue weighted by Crippen LogP contribution is 2.37. The van der Waals surface area contributed by atoms with Gasteiger partial charge in [-0.15, -0.1) is 0 Å². The highest BCUT2D eigenvalue weighted by Gasteiger charge is 2.40. The summed E-state index contributed by atoms with van der Waals surface area (Å²) in [5.74, 6) is 1.31. The maximum Gasteiger partial charge on any atom is 0.247 e. The number of hydrogen-bond donors (Lipinski definition) is 0. The van der Waals surface area contributed by atoms with Crippen molar-refractivity contribution < 1.29 is 14.3 Å². The fourth-order valence-electron chi connectivity index (χ4n) is 4.06. The summed E-state index contributed by atoms with van der Waals surface area (Å²) in [5, 5.41) is 7.06. The molecule has 0 spiro atoms. The topological polar surface area (TPSA) is 64.0 Å². The van der Waals surface area contributed by atoms with E-state index in [0.29, 0.717) is 23.4 Å². The molecule has 2 heterocycles. The van der Waals surface area contributed by atoms with Crippen molar-refractivity contribution in [2.24, 2.45) is 16.9 Å². The van der Waals surface area contributed by atoms with Gasteiger partial charge in [0.15, 0.2) is 11.5 Å². The SMILES string of the molecule is COc1ccc(C2=NN(Cc3cccc(CBr)n3)C(=O)[C@@H]3CC=CC[C@H]23)cc1OC. The van der Waals surface area contributed by atoms with Crippen molar-refractivity contribution in [2.75, 3.05) is 14.2 Å². The van der Waals surface area contributed by atoms with Crippen molar-refractivity contribution >= 4 is 27.5 Å². The smallest absolute Gasteiger partial charge is 0.247 e. The van der Waals surface area contributed by atoms with Gasteiger partial charge in [0.25, 0.3) is 0 Å². The van der Waals surface area contributed by atoms with E-state index >= 15 is 0 Å². The normalized spacial score (nSPS) is 20.6. The lowest BCUT2D eigenvalue weighted by Gasteiger charge is -2.37. The highest BCUT2D eigenvalue weighted by atomic mass is 79.9. The first kappa shape index (κ1) is 20.6. The number of methoxy groups -OCH3 is 2. The van der Waals surface area contributed by atoms with Gasteiger partial charge in [-0.25, -0.2) is 5.01 Å². The lowest BCUT2D eigenvalue weighted by molar-refractivity contribution is -0.138. The second-order valence-electron chi connectivity index (χ2n) is 7.36. The summed E-state index contributed by atoms with van der Waals surface area (Å²) in [6.45, 7) is 0.351. The molecule has 0 unspecified atom stereocenters. The summed E-state index contributed by atoms with van der Waals surface area (Å²) in [6.07, 6.45) is 5.76. The zero-order valence-electron chi connectivity index (χ0n) is 17.0. The number of fused-ring (bicyclic) bond motifs is 1. The molecular formula is C23H24BrN3O3. The molecule has 1 aliphatic heterocycles. The number of nitrogens with zero attached hydrogens (tertiary/aromatic N) is 3. The number of amides is 1. The number of allylic oxidation sites excluding steroid dienone is 2. The Balaban J connectivity index is 1.73. The van der Waals surface area contributed by atoms with Crippen LogP contribution in [0.5, 0.6) is 11.5 Å². The van der Waals surface area contributed by atoms with Gasteiger partial charge in [-0.2, -0.15) is 5.10 Å². The van der Waals surface area contributed by atoms with Crippen LogP contribution in [0, 0.1) is 11.8 Å². The molecule has 0 radical (unpaired) electrons. The van der Waals surface area contributed by atoms with E-state index in [9.17, 15) is 4.79 Å². The van der Waals surface area contributed by atoms with Crippen LogP contribution in [0.2, 0.25) is 0 Å². The number of alkyl halides is 1. The monoisotopic (exact) mass is 469 g/mol. The molecule has 1 amide bonds. The van der Waals surface area contributed by atoms with Gasteiger partial charge in [0.2, 0.25) is 5.91 Å². The number of carbonyl (C=O) groups excluding carboxylic acids is 1. The van der Waals surface area contributed by atoms with Gasteiger partial charge in [0, 0.05) is 16.8 Å². The Hall–Kier alpha value is -2.67. The van der Waals surface area contributed by atoms with Crippen LogP contribution in [0.1, 0.15) is 29.8 Å². The van der Waals surface area contributed by atoms with E-state index in [1.54, 1.807) is 19.2 Å². The van der Waals surface area contributed by atoms with Crippen LogP contribution in [0.4, 0.5) is 0 Å². The fourth-order valence-corrected chi connectivity index (χ4v) is 4.37. The summed E-state index contributed by atoms with van der Waals surface area (Å²) in [6, 6.07) is 11.6. The molecule has 30 heavy (non-hydrogen) atoms. The molecule has 1 aromatic carbocycles. The minimum atomic E-state index is -0.116. The number of rotatable bonds is 6. The molecule has 2 atom stereocenters. The van der Waals surface area contributed by atoms with Gasteiger partial charge in [0.05, 0.1) is 43.8 Å². The molecule has 1 aliphatic carbocycles. The Morgan fingerprint density at radius 3 is 2.50 bits per heavy atom. The van der Waals surface area contributed by atoms with Crippen LogP contribution in [-0.4, -0.2) is 35.8 Å². The average molecular weight is 470 g/mol. The number of pyridine rings is 1. The van der Waals surface area contributed by atoms with Gasteiger partial charge >= 0.3 is 0 Å². The van der Waals surface area contributed by atoms with Crippen molar-refractivity contribution in [3.8, 4) is 11.5 Å². The first-order valence-electron chi connectivity index (χ1n) is 9.92. The highest BCUT2D eigenvalue weighted by molar-refractivity contribution is 9.08. The second-order valence-corrected chi connectivity index (χ2v) is 7.92. The number of halogens is 1. The lowest BCUT2D eigenvalue weighted by Crippen LogP contribution is -2.45. The van der Waals surface area contributed by atoms with Crippen LogP contribution in [0.3, 0.4) is 0 Å². The predicted octanol–water partition coefficient (Wildman–Crippen LogP) is 4.32. The van der Waals surface area contributed by atoms with Crippen molar-refractivity contribution in [2.45, 2.75) is 24.7 Å². The van der Waals surface area contributed by atoms with Crippen LogP contribution in [0.15, 0.2) is 53.7 Å². The standard InChI is InChI=1S/C23H24BrN3O3/c1-29-20-11-10-15(12-21(20)30-2)22-18-8-3-4-9-19(18)23(28)27(26-22)14-17-7-5-6-16(13-24)25-17/h3-7,10-12,18-19H,8-9,13-14H2,1-2H3/t18-,19+/m0/s1. The molecule has 2 aromatic rings. The molecule has 7 heteroatoms. The van der Waals surface area contributed by atoms with Crippen LogP contribution >= 0.6 is 15.9 Å². The summed E-state index contributed by atoms with van der Waals surface area (Å²) >= 11 is 3.44. The molecule has 0 saturated heterocycles. The Labute approximate surface area is 184 Å². The molecule has 156 valence electrons. The average Bonchev–Trinajstić information content (AvgIpc) is 2.80. The van der Waals surface area contributed by atoms with Gasteiger partial charge in [-0.1, -0.05) is 34.1 Å². The summed E-state index contributed by atoms with van der Waals surface area (Å²) < 4.78 is 10.9. The molecule has 0 saturated carbocycles. The first-order chi connectivity index (χ1) is 14.6. The number of hydrogen-bond acceptors (Lipinski definition) is 5. The van der Waals surface area contributed by atoms with Gasteiger partial charge in [0.1, 0.15) is 0 Å².